The molecule has 1 aromatic rings. The summed E-state index contributed by atoms with van der Waals surface area (Å²) in [5.41, 5.74) is 4.48. The van der Waals surface area contributed by atoms with Gasteiger partial charge in [0, 0.05) is 12.1 Å². The van der Waals surface area contributed by atoms with E-state index in [0.29, 0.717) is 0 Å². The topological polar surface area (TPSA) is 71.1 Å². The Hall–Kier alpha value is -1.85. The predicted octanol–water partition coefficient (Wildman–Crippen LogP) is 1.28. The number of hydrogen-bond donors (Lipinski definition) is 3. The van der Waals surface area contributed by atoms with Crippen LogP contribution in [-0.4, -0.2) is 13.1 Å². The molecule has 0 saturated carbocycles. The maximum absolute atomic E-state index is 13.1. The van der Waals surface area contributed by atoms with E-state index < -0.39 is 23.3 Å². The van der Waals surface area contributed by atoms with E-state index in [2.05, 4.69) is 4.74 Å². The van der Waals surface area contributed by atoms with Crippen LogP contribution in [0.1, 0.15) is 0 Å². The lowest BCUT2D eigenvalue weighted by Gasteiger charge is -2.08. The van der Waals surface area contributed by atoms with Crippen LogP contribution in [0.25, 0.3) is 0 Å². The van der Waals surface area contributed by atoms with Crippen LogP contribution < -0.4 is 15.8 Å². The van der Waals surface area contributed by atoms with E-state index in [1.54, 1.807) is 0 Å². The van der Waals surface area contributed by atoms with Gasteiger partial charge in [-0.05, 0) is 0 Å². The average Bonchev–Trinajstić information content (AvgIpc) is 2.10. The van der Waals surface area contributed by atoms with Crippen LogP contribution in [0.2, 0.25) is 0 Å². The molecule has 6 heteroatoms. The lowest BCUT2D eigenvalue weighted by atomic mass is 10.2. The van der Waals surface area contributed by atoms with Crippen molar-refractivity contribution in [1.82, 2.24) is 0 Å². The first-order valence-corrected chi connectivity index (χ1v) is 3.68. The Labute approximate surface area is 79.2 Å². The van der Waals surface area contributed by atoms with Crippen molar-refractivity contribution >= 4 is 11.6 Å². The Morgan fingerprint density at radius 3 is 2.29 bits per heavy atom. The quantitative estimate of drug-likeness (QED) is 0.498. The summed E-state index contributed by atoms with van der Waals surface area (Å²) < 4.78 is 30.9. The number of benzene rings is 1. The van der Waals surface area contributed by atoms with Crippen LogP contribution in [0.3, 0.4) is 0 Å². The van der Waals surface area contributed by atoms with E-state index >= 15 is 0 Å². The highest BCUT2D eigenvalue weighted by Crippen LogP contribution is 2.24. The fraction of sp³-hybridized carbons (Fsp3) is 0.125. The normalized spacial score (nSPS) is 9.64. The van der Waals surface area contributed by atoms with Crippen LogP contribution in [0.15, 0.2) is 12.1 Å². The van der Waals surface area contributed by atoms with Crippen LogP contribution in [-0.2, 0) is 0 Å². The third kappa shape index (κ3) is 2.09. The fourth-order valence-electron chi connectivity index (χ4n) is 0.922. The highest BCUT2D eigenvalue weighted by molar-refractivity contribution is 5.90. The zero-order valence-corrected chi connectivity index (χ0v) is 7.40. The number of hydrogen-bond acceptors (Lipinski definition) is 2. The summed E-state index contributed by atoms with van der Waals surface area (Å²) in [6.45, 7) is 0. The van der Waals surface area contributed by atoms with Crippen molar-refractivity contribution in [1.29, 1.82) is 5.41 Å². The Morgan fingerprint density at radius 2 is 1.93 bits per heavy atom. The summed E-state index contributed by atoms with van der Waals surface area (Å²) in [6, 6.07) is 1.99. The van der Waals surface area contributed by atoms with Gasteiger partial charge in [-0.3, -0.25) is 5.41 Å². The molecule has 0 aliphatic heterocycles. The molecule has 0 aromatic heterocycles. The summed E-state index contributed by atoms with van der Waals surface area (Å²) in [6.07, 6.45) is 0. The number of ether oxygens (including phenoxy) is 1. The first-order valence-electron chi connectivity index (χ1n) is 3.68. The van der Waals surface area contributed by atoms with Crippen molar-refractivity contribution in [2.45, 2.75) is 0 Å². The fourth-order valence-corrected chi connectivity index (χ4v) is 0.922. The van der Waals surface area contributed by atoms with E-state index in [0.717, 1.165) is 12.1 Å². The molecule has 0 bridgehead atoms. The van der Waals surface area contributed by atoms with Crippen LogP contribution in [0.5, 0.6) is 5.75 Å². The SMILES string of the molecule is COc1cc(F)c(NC(=N)N)c(F)c1. The van der Waals surface area contributed by atoms with Crippen LogP contribution in [0, 0.1) is 17.0 Å². The highest BCUT2D eigenvalue weighted by Gasteiger charge is 2.11. The Balaban J connectivity index is 3.11. The number of nitrogens with two attached hydrogens (primary N) is 1. The van der Waals surface area contributed by atoms with Gasteiger partial charge in [0.2, 0.25) is 0 Å². The van der Waals surface area contributed by atoms with Crippen molar-refractivity contribution in [3.8, 4) is 5.75 Å². The molecule has 0 spiro atoms. The van der Waals surface area contributed by atoms with E-state index in [-0.39, 0.29) is 5.75 Å². The number of halogens is 2. The molecule has 0 fully saturated rings. The molecule has 1 rings (SSSR count). The third-order valence-corrected chi connectivity index (χ3v) is 1.51. The van der Waals surface area contributed by atoms with Gasteiger partial charge in [0.1, 0.15) is 11.4 Å². The standard InChI is InChI=1S/C8H9F2N3O/c1-14-4-2-5(9)7(6(10)3-4)13-8(11)12/h2-3H,1H3,(H4,11,12,13). The summed E-state index contributed by atoms with van der Waals surface area (Å²) in [4.78, 5) is 0. The van der Waals surface area contributed by atoms with Crippen molar-refractivity contribution in [2.24, 2.45) is 5.73 Å². The molecule has 0 aliphatic rings. The van der Waals surface area contributed by atoms with E-state index in [4.69, 9.17) is 11.1 Å². The second-order valence-electron chi connectivity index (χ2n) is 2.50. The average molecular weight is 201 g/mol. The van der Waals surface area contributed by atoms with Gasteiger partial charge < -0.3 is 15.8 Å². The van der Waals surface area contributed by atoms with Gasteiger partial charge in [-0.15, -0.1) is 0 Å². The Morgan fingerprint density at radius 1 is 1.43 bits per heavy atom. The van der Waals surface area contributed by atoms with Crippen LogP contribution >= 0.6 is 0 Å². The third-order valence-electron chi connectivity index (χ3n) is 1.51. The smallest absolute Gasteiger partial charge is 0.190 e. The maximum Gasteiger partial charge on any atom is 0.190 e. The molecule has 4 nitrogen and oxygen atoms in total. The van der Waals surface area contributed by atoms with E-state index in [9.17, 15) is 8.78 Å². The molecule has 76 valence electrons. The van der Waals surface area contributed by atoms with Gasteiger partial charge in [0.15, 0.2) is 17.6 Å². The molecule has 4 N–H and O–H groups in total. The van der Waals surface area contributed by atoms with Crippen LogP contribution in [0.4, 0.5) is 14.5 Å². The van der Waals surface area contributed by atoms with Gasteiger partial charge >= 0.3 is 0 Å². The molecule has 0 radical (unpaired) electrons. The van der Waals surface area contributed by atoms with Crippen molar-refractivity contribution in [2.75, 3.05) is 12.4 Å². The first kappa shape index (κ1) is 10.2. The largest absolute Gasteiger partial charge is 0.497 e. The number of rotatable bonds is 2. The molecule has 0 amide bonds. The van der Waals surface area contributed by atoms with Crippen molar-refractivity contribution < 1.29 is 13.5 Å². The Kier molecular flexibility index (Phi) is 2.85. The summed E-state index contributed by atoms with van der Waals surface area (Å²) in [7, 11) is 1.30. The minimum absolute atomic E-state index is 0.0640. The molecule has 14 heavy (non-hydrogen) atoms. The molecular formula is C8H9F2N3O. The zero-order valence-electron chi connectivity index (χ0n) is 7.40. The highest BCUT2D eigenvalue weighted by atomic mass is 19.1. The maximum atomic E-state index is 13.1. The van der Waals surface area contributed by atoms with Gasteiger partial charge in [-0.2, -0.15) is 0 Å². The second kappa shape index (κ2) is 3.91. The number of guanidine groups is 1. The van der Waals surface area contributed by atoms with E-state index in [1.165, 1.54) is 7.11 Å². The second-order valence-corrected chi connectivity index (χ2v) is 2.50. The summed E-state index contributed by atoms with van der Waals surface area (Å²) in [5, 5.41) is 8.87. The lowest BCUT2D eigenvalue weighted by Crippen LogP contribution is -2.22. The molecule has 0 aliphatic carbocycles. The van der Waals surface area contributed by atoms with Gasteiger partial charge in [0.05, 0.1) is 7.11 Å². The number of methoxy groups -OCH3 is 1. The zero-order chi connectivity index (χ0) is 10.7. The molecule has 0 heterocycles. The number of nitrogens with one attached hydrogen (secondary N) is 2. The van der Waals surface area contributed by atoms with Gasteiger partial charge in [-0.25, -0.2) is 8.78 Å². The van der Waals surface area contributed by atoms with E-state index in [1.807, 2.05) is 5.32 Å². The predicted molar refractivity (Wildman–Crippen MR) is 48.4 cm³/mol. The molecule has 1 aromatic carbocycles. The molecule has 0 unspecified atom stereocenters. The molecule has 0 saturated heterocycles. The first-order chi connectivity index (χ1) is 6.54. The van der Waals surface area contributed by atoms with Gasteiger partial charge in [-0.1, -0.05) is 0 Å². The lowest BCUT2D eigenvalue weighted by molar-refractivity contribution is 0.407. The number of anilines is 1. The van der Waals surface area contributed by atoms with Crippen molar-refractivity contribution in [3.05, 3.63) is 23.8 Å². The monoisotopic (exact) mass is 201 g/mol. The van der Waals surface area contributed by atoms with Crippen molar-refractivity contribution in [3.63, 3.8) is 0 Å². The Bertz CT molecular complexity index is 345. The summed E-state index contributed by atoms with van der Waals surface area (Å²) >= 11 is 0. The van der Waals surface area contributed by atoms with Gasteiger partial charge in [0.25, 0.3) is 0 Å². The summed E-state index contributed by atoms with van der Waals surface area (Å²) in [5.74, 6) is -2.20. The minimum atomic E-state index is -0.864. The molecular weight excluding hydrogens is 192 g/mol. The minimum Gasteiger partial charge on any atom is -0.497 e. The molecule has 0 atom stereocenters.